The highest BCUT2D eigenvalue weighted by atomic mass is 16.5. The first-order valence-corrected chi connectivity index (χ1v) is 8.85. The molecule has 140 valence electrons. The maximum atomic E-state index is 12.5. The molecule has 0 spiro atoms. The Morgan fingerprint density at radius 1 is 1.04 bits per heavy atom. The first-order valence-electron chi connectivity index (χ1n) is 8.85. The van der Waals surface area contributed by atoms with Gasteiger partial charge in [0.1, 0.15) is 11.4 Å². The summed E-state index contributed by atoms with van der Waals surface area (Å²) in [7, 11) is 0. The summed E-state index contributed by atoms with van der Waals surface area (Å²) >= 11 is 0. The molecule has 0 saturated carbocycles. The summed E-state index contributed by atoms with van der Waals surface area (Å²) in [6, 6.07) is 19.9. The van der Waals surface area contributed by atoms with Crippen molar-refractivity contribution in [2.45, 2.75) is 20.0 Å². The Morgan fingerprint density at radius 2 is 1.75 bits per heavy atom. The van der Waals surface area contributed by atoms with E-state index in [9.17, 15) is 4.79 Å². The number of carbonyl (C=O) groups excluding carboxylic acids is 1. The highest BCUT2D eigenvalue weighted by molar-refractivity contribution is 6.03. The minimum atomic E-state index is -0.315. The number of pyridine rings is 1. The number of para-hydroxylation sites is 2. The molecule has 1 heterocycles. The van der Waals surface area contributed by atoms with Crippen LogP contribution >= 0.6 is 0 Å². The number of amides is 1. The molecule has 0 aliphatic carbocycles. The summed E-state index contributed by atoms with van der Waals surface area (Å²) in [4.78, 5) is 16.7. The Kier molecular flexibility index (Phi) is 5.87. The monoisotopic (exact) mass is 372 g/mol. The molecule has 6 nitrogen and oxygen atoms in total. The molecule has 0 aliphatic heterocycles. The van der Waals surface area contributed by atoms with Gasteiger partial charge < -0.3 is 15.4 Å². The van der Waals surface area contributed by atoms with Gasteiger partial charge in [0, 0.05) is 5.69 Å². The summed E-state index contributed by atoms with van der Waals surface area (Å²) in [5.74, 6) is 0.301. The molecular formula is C22H20N4O2. The lowest BCUT2D eigenvalue weighted by molar-refractivity contribution is 0.102. The lowest BCUT2D eigenvalue weighted by Gasteiger charge is -2.14. The van der Waals surface area contributed by atoms with Crippen molar-refractivity contribution < 1.29 is 9.53 Å². The van der Waals surface area contributed by atoms with E-state index in [2.05, 4.69) is 21.7 Å². The molecule has 2 aromatic carbocycles. The maximum Gasteiger partial charge on any atom is 0.274 e. The molecule has 0 radical (unpaired) electrons. The van der Waals surface area contributed by atoms with Crippen LogP contribution in [0, 0.1) is 11.3 Å². The lowest BCUT2D eigenvalue weighted by atomic mass is 10.2. The van der Waals surface area contributed by atoms with E-state index in [1.54, 1.807) is 36.5 Å². The van der Waals surface area contributed by atoms with Crippen LogP contribution in [0.15, 0.2) is 66.9 Å². The van der Waals surface area contributed by atoms with Crippen molar-refractivity contribution in [3.63, 3.8) is 0 Å². The highest BCUT2D eigenvalue weighted by Crippen LogP contribution is 2.25. The molecule has 2 N–H and O–H groups in total. The summed E-state index contributed by atoms with van der Waals surface area (Å²) < 4.78 is 5.72. The summed E-state index contributed by atoms with van der Waals surface area (Å²) in [5.41, 5.74) is 3.06. The lowest BCUT2D eigenvalue weighted by Crippen LogP contribution is -2.15. The molecule has 1 amide bonds. The third-order valence-electron chi connectivity index (χ3n) is 3.80. The van der Waals surface area contributed by atoms with Gasteiger partial charge in [0.05, 0.1) is 35.3 Å². The standard InChI is InChI=1S/C22H20N4O2/c1-15(2)28-21-6-4-3-5-19(21)26-22(27)20-12-11-18(14-24-20)25-17-9-7-16(13-23)8-10-17/h3-12,14-15,25H,1-2H3,(H,26,27). The molecule has 28 heavy (non-hydrogen) atoms. The Bertz CT molecular complexity index is 990. The molecule has 6 heteroatoms. The molecular weight excluding hydrogens is 352 g/mol. The van der Waals surface area contributed by atoms with Crippen LogP contribution < -0.4 is 15.4 Å². The number of ether oxygens (including phenoxy) is 1. The third kappa shape index (κ3) is 4.86. The molecule has 1 aromatic heterocycles. The van der Waals surface area contributed by atoms with Gasteiger partial charge in [0.15, 0.2) is 0 Å². The fourth-order valence-electron chi connectivity index (χ4n) is 2.51. The number of benzene rings is 2. The summed E-state index contributed by atoms with van der Waals surface area (Å²) in [5, 5.41) is 14.9. The quantitative estimate of drug-likeness (QED) is 0.653. The van der Waals surface area contributed by atoms with Gasteiger partial charge in [0.2, 0.25) is 0 Å². The first kappa shape index (κ1) is 18.9. The van der Waals surface area contributed by atoms with Crippen LogP contribution in [-0.4, -0.2) is 17.0 Å². The zero-order valence-electron chi connectivity index (χ0n) is 15.6. The Morgan fingerprint density at radius 3 is 2.39 bits per heavy atom. The number of hydrogen-bond acceptors (Lipinski definition) is 5. The predicted octanol–water partition coefficient (Wildman–Crippen LogP) is 4.74. The number of carbonyl (C=O) groups is 1. The minimum Gasteiger partial charge on any atom is -0.489 e. The van der Waals surface area contributed by atoms with E-state index >= 15 is 0 Å². The van der Waals surface area contributed by atoms with Crippen LogP contribution in [0.5, 0.6) is 5.75 Å². The smallest absolute Gasteiger partial charge is 0.274 e. The average molecular weight is 372 g/mol. The van der Waals surface area contributed by atoms with Gasteiger partial charge in [-0.15, -0.1) is 0 Å². The average Bonchev–Trinajstić information content (AvgIpc) is 2.70. The zero-order chi connectivity index (χ0) is 19.9. The Hall–Kier alpha value is -3.85. The number of hydrogen-bond donors (Lipinski definition) is 2. The zero-order valence-corrected chi connectivity index (χ0v) is 15.6. The molecule has 0 saturated heterocycles. The second-order valence-corrected chi connectivity index (χ2v) is 6.36. The Balaban J connectivity index is 1.68. The molecule has 0 aliphatic rings. The van der Waals surface area contributed by atoms with Crippen molar-refractivity contribution in [2.75, 3.05) is 10.6 Å². The van der Waals surface area contributed by atoms with Crippen molar-refractivity contribution in [3.05, 3.63) is 78.1 Å². The Labute approximate surface area is 163 Å². The maximum absolute atomic E-state index is 12.5. The summed E-state index contributed by atoms with van der Waals surface area (Å²) in [6.45, 7) is 3.86. The number of nitrogens with zero attached hydrogens (tertiary/aromatic N) is 2. The fourth-order valence-corrected chi connectivity index (χ4v) is 2.51. The molecule has 3 aromatic rings. The van der Waals surface area contributed by atoms with Gasteiger partial charge in [0.25, 0.3) is 5.91 Å². The molecule has 0 atom stereocenters. The highest BCUT2D eigenvalue weighted by Gasteiger charge is 2.12. The molecule has 0 bridgehead atoms. The SMILES string of the molecule is CC(C)Oc1ccccc1NC(=O)c1ccc(Nc2ccc(C#N)cc2)cn1. The number of anilines is 3. The topological polar surface area (TPSA) is 87.0 Å². The van der Waals surface area contributed by atoms with Gasteiger partial charge in [-0.25, -0.2) is 4.98 Å². The summed E-state index contributed by atoms with van der Waals surface area (Å²) in [6.07, 6.45) is 1.59. The van der Waals surface area contributed by atoms with Crippen molar-refractivity contribution in [3.8, 4) is 11.8 Å². The van der Waals surface area contributed by atoms with E-state index < -0.39 is 0 Å². The first-order chi connectivity index (χ1) is 13.5. The van der Waals surface area contributed by atoms with E-state index in [4.69, 9.17) is 10.00 Å². The van der Waals surface area contributed by atoms with Gasteiger partial charge in [-0.3, -0.25) is 4.79 Å². The molecule has 0 fully saturated rings. The molecule has 3 rings (SSSR count). The number of nitriles is 1. The number of rotatable bonds is 6. The number of aromatic nitrogens is 1. The van der Waals surface area contributed by atoms with E-state index in [0.29, 0.717) is 22.7 Å². The van der Waals surface area contributed by atoms with Crippen molar-refractivity contribution in [1.82, 2.24) is 4.98 Å². The van der Waals surface area contributed by atoms with Gasteiger partial charge >= 0.3 is 0 Å². The van der Waals surface area contributed by atoms with Crippen LogP contribution in [0.2, 0.25) is 0 Å². The van der Waals surface area contributed by atoms with Gasteiger partial charge in [-0.1, -0.05) is 12.1 Å². The van der Waals surface area contributed by atoms with Crippen molar-refractivity contribution in [2.24, 2.45) is 0 Å². The fraction of sp³-hybridized carbons (Fsp3) is 0.136. The minimum absolute atomic E-state index is 0.00348. The largest absolute Gasteiger partial charge is 0.489 e. The van der Waals surface area contributed by atoms with E-state index in [1.165, 1.54) is 0 Å². The molecule has 0 unspecified atom stereocenters. The van der Waals surface area contributed by atoms with Crippen LogP contribution in [0.1, 0.15) is 29.9 Å². The van der Waals surface area contributed by atoms with Crippen molar-refractivity contribution in [1.29, 1.82) is 5.26 Å². The second kappa shape index (κ2) is 8.69. The van der Waals surface area contributed by atoms with Crippen LogP contribution in [0.25, 0.3) is 0 Å². The van der Waals surface area contributed by atoms with E-state index in [1.807, 2.05) is 44.2 Å². The van der Waals surface area contributed by atoms with Gasteiger partial charge in [-0.05, 0) is 62.4 Å². The third-order valence-corrected chi connectivity index (χ3v) is 3.80. The van der Waals surface area contributed by atoms with Crippen LogP contribution in [0.3, 0.4) is 0 Å². The van der Waals surface area contributed by atoms with Crippen molar-refractivity contribution >= 4 is 23.0 Å². The predicted molar refractivity (Wildman–Crippen MR) is 109 cm³/mol. The van der Waals surface area contributed by atoms with E-state index in [0.717, 1.165) is 11.4 Å². The van der Waals surface area contributed by atoms with Crippen LogP contribution in [0.4, 0.5) is 17.1 Å². The normalized spacial score (nSPS) is 10.2. The number of nitrogens with one attached hydrogen (secondary N) is 2. The van der Waals surface area contributed by atoms with Gasteiger partial charge in [-0.2, -0.15) is 5.26 Å². The second-order valence-electron chi connectivity index (χ2n) is 6.36. The van der Waals surface area contributed by atoms with Crippen LogP contribution in [-0.2, 0) is 0 Å². The van der Waals surface area contributed by atoms with E-state index in [-0.39, 0.29) is 12.0 Å².